The molecule has 21 heavy (non-hydrogen) atoms. The number of hydrogen-bond donors (Lipinski definition) is 1. The molecule has 2 unspecified atom stereocenters. The smallest absolute Gasteiger partial charge is 0.324 e. The molecule has 5 nitrogen and oxygen atoms in total. The monoisotopic (exact) mass is 337 g/mol. The molecule has 0 aliphatic heterocycles. The van der Waals surface area contributed by atoms with Crippen molar-refractivity contribution in [3.8, 4) is 0 Å². The van der Waals surface area contributed by atoms with Gasteiger partial charge in [0.2, 0.25) is 0 Å². The van der Waals surface area contributed by atoms with E-state index in [2.05, 4.69) is 19.2 Å². The zero-order valence-corrected chi connectivity index (χ0v) is 17.0. The van der Waals surface area contributed by atoms with E-state index in [1.54, 1.807) is 28.4 Å². The first kappa shape index (κ1) is 21.2. The third-order valence-electron chi connectivity index (χ3n) is 4.13. The topological polar surface area (TPSA) is 49.0 Å². The summed E-state index contributed by atoms with van der Waals surface area (Å²) in [7, 11) is 4.10. The van der Waals surface area contributed by atoms with Gasteiger partial charge in [-0.25, -0.2) is 0 Å². The zero-order valence-electron chi connectivity index (χ0n) is 14.7. The van der Waals surface area contributed by atoms with Gasteiger partial charge >= 0.3 is 18.6 Å². The molecule has 0 radical (unpaired) electrons. The van der Waals surface area contributed by atoms with E-state index in [0.717, 1.165) is 38.8 Å². The van der Waals surface area contributed by atoms with Crippen molar-refractivity contribution < 1.29 is 17.7 Å². The Hall–Kier alpha value is 0.234. The number of hydrogen-bond acceptors (Lipinski definition) is 5. The van der Waals surface area contributed by atoms with Gasteiger partial charge in [0.25, 0.3) is 0 Å². The van der Waals surface area contributed by atoms with Crippen molar-refractivity contribution >= 4 is 18.6 Å². The maximum absolute atomic E-state index is 5.49. The van der Waals surface area contributed by atoms with Gasteiger partial charge in [0.05, 0.1) is 0 Å². The molecule has 0 aromatic heterocycles. The van der Waals surface area contributed by atoms with Crippen molar-refractivity contribution in [2.24, 2.45) is 0 Å². The van der Waals surface area contributed by atoms with Gasteiger partial charge in [-0.3, -0.25) is 0 Å². The lowest BCUT2D eigenvalue weighted by atomic mass is 10.2. The Labute approximate surface area is 134 Å². The Kier molecular flexibility index (Phi) is 14.0. The van der Waals surface area contributed by atoms with Crippen molar-refractivity contribution in [2.45, 2.75) is 50.6 Å². The van der Waals surface area contributed by atoms with E-state index in [4.69, 9.17) is 17.7 Å². The van der Waals surface area contributed by atoms with Crippen LogP contribution < -0.4 is 5.32 Å². The predicted octanol–water partition coefficient (Wildman–Crippen LogP) is 1.94. The van der Waals surface area contributed by atoms with Gasteiger partial charge in [-0.05, 0) is 25.9 Å². The van der Waals surface area contributed by atoms with Crippen LogP contribution >= 0.6 is 0 Å². The van der Waals surface area contributed by atoms with Crippen LogP contribution in [-0.4, -0.2) is 60.1 Å². The Balaban J connectivity index is 3.92. The van der Waals surface area contributed by atoms with Gasteiger partial charge in [-0.2, -0.15) is 0 Å². The fourth-order valence-corrected chi connectivity index (χ4v) is 6.30. The maximum Gasteiger partial charge on any atom is 0.324 e. The minimum absolute atomic E-state index is 0.578. The van der Waals surface area contributed by atoms with Crippen molar-refractivity contribution in [2.75, 3.05) is 41.5 Å². The Morgan fingerprint density at radius 3 is 1.29 bits per heavy atom. The fraction of sp³-hybridized carbons (Fsp3) is 1.00. The highest BCUT2D eigenvalue weighted by atomic mass is 28.3. The Morgan fingerprint density at radius 1 is 0.714 bits per heavy atom. The van der Waals surface area contributed by atoms with E-state index in [1.807, 2.05) is 0 Å². The van der Waals surface area contributed by atoms with E-state index in [-0.39, 0.29) is 0 Å². The van der Waals surface area contributed by atoms with E-state index in [1.165, 1.54) is 0 Å². The lowest BCUT2D eigenvalue weighted by molar-refractivity contribution is 0.259. The summed E-state index contributed by atoms with van der Waals surface area (Å²) in [6.07, 6.45) is 4.50. The summed E-state index contributed by atoms with van der Waals surface area (Å²) in [6.45, 7) is 6.47. The second kappa shape index (κ2) is 13.9. The molecule has 0 heterocycles. The molecule has 0 aliphatic rings. The third-order valence-corrected chi connectivity index (χ3v) is 9.14. The molecule has 0 saturated carbocycles. The minimum atomic E-state index is -1.48. The number of rotatable bonds is 14. The van der Waals surface area contributed by atoms with Crippen LogP contribution in [0.5, 0.6) is 0 Å². The maximum atomic E-state index is 5.49. The van der Waals surface area contributed by atoms with Gasteiger partial charge < -0.3 is 23.0 Å². The molecule has 2 atom stereocenters. The molecule has 0 fully saturated rings. The molecule has 0 aromatic rings. The second-order valence-electron chi connectivity index (χ2n) is 5.34. The van der Waals surface area contributed by atoms with E-state index in [0.29, 0.717) is 11.1 Å². The van der Waals surface area contributed by atoms with Crippen LogP contribution in [0, 0.1) is 0 Å². The standard InChI is InChI=1S/C14H35NO4Si2/c1-7-13(20(16-3)17-4)9-11-15-12-10-14(8-2)21(18-5)19-6/h13-15,20-21H,7-12H2,1-6H3. The van der Waals surface area contributed by atoms with Crippen LogP contribution in [0.1, 0.15) is 39.5 Å². The molecule has 0 amide bonds. The van der Waals surface area contributed by atoms with Crippen LogP contribution in [0.2, 0.25) is 11.1 Å². The molecule has 1 N–H and O–H groups in total. The van der Waals surface area contributed by atoms with Crippen molar-refractivity contribution in [1.29, 1.82) is 0 Å². The molecule has 128 valence electrons. The SMILES string of the molecule is CCC(CCNCCC(CC)[SiH](OC)OC)[SiH](OC)OC. The lowest BCUT2D eigenvalue weighted by Crippen LogP contribution is -2.31. The highest BCUT2D eigenvalue weighted by molar-refractivity contribution is 6.46. The quantitative estimate of drug-likeness (QED) is 0.388. The highest BCUT2D eigenvalue weighted by Crippen LogP contribution is 2.21. The second-order valence-corrected chi connectivity index (χ2v) is 10.6. The number of nitrogens with one attached hydrogen (secondary N) is 1. The summed E-state index contributed by atoms with van der Waals surface area (Å²) >= 11 is 0. The normalized spacial score (nSPS) is 14.9. The average molecular weight is 338 g/mol. The molecule has 0 rings (SSSR count). The fourth-order valence-electron chi connectivity index (χ4n) is 2.73. The predicted molar refractivity (Wildman–Crippen MR) is 92.5 cm³/mol. The molecule has 0 aromatic carbocycles. The molecule has 0 aliphatic carbocycles. The van der Waals surface area contributed by atoms with Gasteiger partial charge in [-0.15, -0.1) is 0 Å². The summed E-state index contributed by atoms with van der Waals surface area (Å²) in [5.74, 6) is 0. The zero-order chi connectivity index (χ0) is 16.1. The Morgan fingerprint density at radius 2 is 1.05 bits per heavy atom. The van der Waals surface area contributed by atoms with Crippen LogP contribution in [0.3, 0.4) is 0 Å². The summed E-state index contributed by atoms with van der Waals surface area (Å²) in [4.78, 5) is 0. The molecule has 0 spiro atoms. The van der Waals surface area contributed by atoms with Crippen molar-refractivity contribution in [1.82, 2.24) is 5.32 Å². The van der Waals surface area contributed by atoms with Gasteiger partial charge in [0.15, 0.2) is 0 Å². The van der Waals surface area contributed by atoms with Gasteiger partial charge in [0.1, 0.15) is 0 Å². The van der Waals surface area contributed by atoms with Crippen LogP contribution in [0.15, 0.2) is 0 Å². The third kappa shape index (κ3) is 8.44. The molecule has 7 heteroatoms. The highest BCUT2D eigenvalue weighted by Gasteiger charge is 2.23. The van der Waals surface area contributed by atoms with Crippen molar-refractivity contribution in [3.05, 3.63) is 0 Å². The van der Waals surface area contributed by atoms with Gasteiger partial charge in [0, 0.05) is 39.5 Å². The molecule has 0 saturated heterocycles. The van der Waals surface area contributed by atoms with Gasteiger partial charge in [-0.1, -0.05) is 26.7 Å². The van der Waals surface area contributed by atoms with E-state index >= 15 is 0 Å². The first-order valence-corrected chi connectivity index (χ1v) is 11.2. The largest absolute Gasteiger partial charge is 0.400 e. The lowest BCUT2D eigenvalue weighted by Gasteiger charge is -2.23. The molecular weight excluding hydrogens is 302 g/mol. The first-order valence-electron chi connectivity index (χ1n) is 8.00. The summed E-state index contributed by atoms with van der Waals surface area (Å²) in [5, 5.41) is 3.54. The summed E-state index contributed by atoms with van der Waals surface area (Å²) in [6, 6.07) is 0. The first-order chi connectivity index (χ1) is 10.2. The van der Waals surface area contributed by atoms with Crippen molar-refractivity contribution in [3.63, 3.8) is 0 Å². The molecule has 0 bridgehead atoms. The average Bonchev–Trinajstić information content (AvgIpc) is 2.52. The minimum Gasteiger partial charge on any atom is -0.400 e. The van der Waals surface area contributed by atoms with E-state index in [9.17, 15) is 0 Å². The van der Waals surface area contributed by atoms with E-state index < -0.39 is 18.6 Å². The molecular formula is C14H35NO4Si2. The van der Waals surface area contributed by atoms with Crippen LogP contribution in [0.4, 0.5) is 0 Å². The van der Waals surface area contributed by atoms with Crippen LogP contribution in [0.25, 0.3) is 0 Å². The summed E-state index contributed by atoms with van der Waals surface area (Å²) in [5.41, 5.74) is 1.16. The summed E-state index contributed by atoms with van der Waals surface area (Å²) < 4.78 is 21.9. The van der Waals surface area contributed by atoms with Crippen LogP contribution in [-0.2, 0) is 17.7 Å². The Bertz CT molecular complexity index is 207.